The number of benzene rings is 3. The zero-order valence-corrected chi connectivity index (χ0v) is 18.8. The van der Waals surface area contributed by atoms with E-state index < -0.39 is 23.6 Å². The van der Waals surface area contributed by atoms with Crippen LogP contribution in [0.5, 0.6) is 11.5 Å². The Balaban J connectivity index is 1.53. The molecule has 0 saturated heterocycles. The fraction of sp³-hybridized carbons (Fsp3) is 0.231. The number of oxime groups is 1. The molecule has 4 rings (SSSR count). The molecule has 0 spiro atoms. The molecule has 6 nitrogen and oxygen atoms in total. The Kier molecular flexibility index (Phi) is 7.06. The Morgan fingerprint density at radius 3 is 2.56 bits per heavy atom. The average molecular weight is 466 g/mol. The van der Waals surface area contributed by atoms with Crippen molar-refractivity contribution >= 4 is 11.6 Å². The first-order valence-corrected chi connectivity index (χ1v) is 10.7. The topological polar surface area (TPSA) is 60.4 Å². The zero-order chi connectivity index (χ0) is 24.1. The van der Waals surface area contributed by atoms with Crippen LogP contribution in [-0.2, 0) is 11.4 Å². The molecule has 0 saturated carbocycles. The molecule has 8 heteroatoms. The van der Waals surface area contributed by atoms with Crippen molar-refractivity contribution in [2.75, 3.05) is 20.8 Å². The van der Waals surface area contributed by atoms with Crippen LogP contribution in [0.15, 0.2) is 71.9 Å². The molecule has 3 aromatic rings. The molecule has 1 aliphatic heterocycles. The molecule has 0 aliphatic carbocycles. The first kappa shape index (κ1) is 23.2. The van der Waals surface area contributed by atoms with Crippen molar-refractivity contribution in [1.29, 1.82) is 0 Å². The van der Waals surface area contributed by atoms with E-state index in [4.69, 9.17) is 14.3 Å². The summed E-state index contributed by atoms with van der Waals surface area (Å²) in [5, 5.41) is 4.19. The van der Waals surface area contributed by atoms with Crippen LogP contribution in [0.2, 0.25) is 0 Å². The van der Waals surface area contributed by atoms with Crippen LogP contribution < -0.4 is 9.47 Å². The standard InChI is InChI=1S/C26H24F2N2O4/c1-32-24-11-10-18(13-25(24)33-2)23-14-20(34-29-23)16-30(15-17-6-5-7-19(27)12-17)26(31)21-8-3-4-9-22(21)28/h3-13,20H,14-16H2,1-2H3/t20-/m0/s1. The third-order valence-corrected chi connectivity index (χ3v) is 5.53. The second kappa shape index (κ2) is 10.3. The van der Waals surface area contributed by atoms with Gasteiger partial charge in [0.25, 0.3) is 5.91 Å². The largest absolute Gasteiger partial charge is 0.493 e. The average Bonchev–Trinajstić information content (AvgIpc) is 3.31. The predicted molar refractivity (Wildman–Crippen MR) is 123 cm³/mol. The minimum Gasteiger partial charge on any atom is -0.493 e. The van der Waals surface area contributed by atoms with Crippen molar-refractivity contribution in [3.63, 3.8) is 0 Å². The molecule has 1 aliphatic rings. The molecule has 0 unspecified atom stereocenters. The van der Waals surface area contributed by atoms with Crippen molar-refractivity contribution in [2.24, 2.45) is 5.16 Å². The van der Waals surface area contributed by atoms with Crippen molar-refractivity contribution in [3.8, 4) is 11.5 Å². The molecule has 0 bridgehead atoms. The summed E-state index contributed by atoms with van der Waals surface area (Å²) < 4.78 is 38.7. The van der Waals surface area contributed by atoms with E-state index in [1.54, 1.807) is 44.6 Å². The van der Waals surface area contributed by atoms with Crippen LogP contribution in [0.25, 0.3) is 0 Å². The van der Waals surface area contributed by atoms with Crippen LogP contribution in [0, 0.1) is 11.6 Å². The highest BCUT2D eigenvalue weighted by atomic mass is 19.1. The van der Waals surface area contributed by atoms with Gasteiger partial charge in [0.2, 0.25) is 0 Å². The van der Waals surface area contributed by atoms with E-state index in [-0.39, 0.29) is 18.7 Å². The molecule has 1 amide bonds. The fourth-order valence-corrected chi connectivity index (χ4v) is 3.84. The number of hydrogen-bond acceptors (Lipinski definition) is 5. The van der Waals surface area contributed by atoms with Crippen LogP contribution in [0.3, 0.4) is 0 Å². The van der Waals surface area contributed by atoms with E-state index >= 15 is 0 Å². The molecule has 3 aromatic carbocycles. The Morgan fingerprint density at radius 2 is 1.82 bits per heavy atom. The van der Waals surface area contributed by atoms with Crippen LogP contribution in [0.4, 0.5) is 8.78 Å². The lowest BCUT2D eigenvalue weighted by atomic mass is 10.0. The van der Waals surface area contributed by atoms with E-state index in [0.717, 1.165) is 5.56 Å². The number of rotatable bonds is 8. The minimum atomic E-state index is -0.619. The second-order valence-corrected chi connectivity index (χ2v) is 7.83. The van der Waals surface area contributed by atoms with Gasteiger partial charge in [0.15, 0.2) is 17.6 Å². The molecule has 34 heavy (non-hydrogen) atoms. The van der Waals surface area contributed by atoms with Crippen molar-refractivity contribution in [3.05, 3.63) is 95.1 Å². The number of methoxy groups -OCH3 is 2. The van der Waals surface area contributed by atoms with Gasteiger partial charge in [0.1, 0.15) is 11.6 Å². The van der Waals surface area contributed by atoms with Gasteiger partial charge in [-0.25, -0.2) is 8.78 Å². The maximum atomic E-state index is 14.4. The molecule has 0 N–H and O–H groups in total. The normalized spacial score (nSPS) is 14.8. The second-order valence-electron chi connectivity index (χ2n) is 7.83. The van der Waals surface area contributed by atoms with Crippen molar-refractivity contribution < 1.29 is 27.9 Å². The highest BCUT2D eigenvalue weighted by molar-refractivity contribution is 6.02. The summed E-state index contributed by atoms with van der Waals surface area (Å²) in [6.07, 6.45) is -0.0213. The van der Waals surface area contributed by atoms with Gasteiger partial charge < -0.3 is 19.2 Å². The maximum absolute atomic E-state index is 14.4. The molecule has 1 atom stereocenters. The van der Waals surface area contributed by atoms with Crippen molar-refractivity contribution in [2.45, 2.75) is 19.1 Å². The van der Waals surface area contributed by atoms with E-state index in [2.05, 4.69) is 5.16 Å². The Labute approximate surface area is 196 Å². The molecular formula is C26H24F2N2O4. The summed E-state index contributed by atoms with van der Waals surface area (Å²) in [7, 11) is 3.11. The third-order valence-electron chi connectivity index (χ3n) is 5.53. The lowest BCUT2D eigenvalue weighted by Crippen LogP contribution is -2.37. The summed E-state index contributed by atoms with van der Waals surface area (Å²) in [5.41, 5.74) is 2.02. The lowest BCUT2D eigenvalue weighted by molar-refractivity contribution is 0.0402. The first-order chi connectivity index (χ1) is 16.5. The maximum Gasteiger partial charge on any atom is 0.257 e. The number of hydrogen-bond donors (Lipinski definition) is 0. The van der Waals surface area contributed by atoms with Gasteiger partial charge in [-0.3, -0.25) is 4.79 Å². The van der Waals surface area contributed by atoms with Crippen LogP contribution >= 0.6 is 0 Å². The first-order valence-electron chi connectivity index (χ1n) is 10.7. The Bertz CT molecular complexity index is 1210. The van der Waals surface area contributed by atoms with Crippen LogP contribution in [0.1, 0.15) is 27.9 Å². The van der Waals surface area contributed by atoms with Gasteiger partial charge in [-0.05, 0) is 48.0 Å². The Morgan fingerprint density at radius 1 is 1.03 bits per heavy atom. The van der Waals surface area contributed by atoms with E-state index in [1.807, 2.05) is 6.07 Å². The van der Waals surface area contributed by atoms with Gasteiger partial charge in [0.05, 0.1) is 32.0 Å². The minimum absolute atomic E-state index is 0.0575. The van der Waals surface area contributed by atoms with Gasteiger partial charge in [0, 0.05) is 18.5 Å². The Hall–Kier alpha value is -3.94. The molecule has 0 aromatic heterocycles. The van der Waals surface area contributed by atoms with Crippen LogP contribution in [-0.4, -0.2) is 43.4 Å². The highest BCUT2D eigenvalue weighted by Gasteiger charge is 2.29. The van der Waals surface area contributed by atoms with Gasteiger partial charge >= 0.3 is 0 Å². The molecule has 0 radical (unpaired) electrons. The predicted octanol–water partition coefficient (Wildman–Crippen LogP) is 4.82. The number of nitrogens with zero attached hydrogens (tertiary/aromatic N) is 2. The highest BCUT2D eigenvalue weighted by Crippen LogP contribution is 2.30. The van der Waals surface area contributed by atoms with E-state index in [0.29, 0.717) is 29.2 Å². The fourth-order valence-electron chi connectivity index (χ4n) is 3.84. The monoisotopic (exact) mass is 466 g/mol. The summed E-state index contributed by atoms with van der Waals surface area (Å²) in [6.45, 7) is 0.237. The third kappa shape index (κ3) is 5.17. The zero-order valence-electron chi connectivity index (χ0n) is 18.8. The summed E-state index contributed by atoms with van der Waals surface area (Å²) >= 11 is 0. The SMILES string of the molecule is COc1ccc(C2=NO[C@H](CN(Cc3cccc(F)c3)C(=O)c3ccccc3F)C2)cc1OC. The molecular weight excluding hydrogens is 442 g/mol. The van der Waals surface area contributed by atoms with Gasteiger partial charge in [-0.15, -0.1) is 0 Å². The summed E-state index contributed by atoms with van der Waals surface area (Å²) in [6, 6.07) is 17.2. The summed E-state index contributed by atoms with van der Waals surface area (Å²) in [5.74, 6) is -0.378. The number of carbonyl (C=O) groups excluding carboxylic acids is 1. The molecule has 1 heterocycles. The van der Waals surface area contributed by atoms with Gasteiger partial charge in [-0.1, -0.05) is 29.4 Å². The lowest BCUT2D eigenvalue weighted by Gasteiger charge is -2.25. The molecule has 0 fully saturated rings. The molecule has 176 valence electrons. The van der Waals surface area contributed by atoms with E-state index in [9.17, 15) is 13.6 Å². The number of ether oxygens (including phenoxy) is 2. The van der Waals surface area contributed by atoms with E-state index in [1.165, 1.54) is 35.2 Å². The number of halogens is 2. The number of carbonyl (C=O) groups is 1. The number of amides is 1. The van der Waals surface area contributed by atoms with Crippen molar-refractivity contribution in [1.82, 2.24) is 4.90 Å². The summed E-state index contributed by atoms with van der Waals surface area (Å²) in [4.78, 5) is 20.3. The smallest absolute Gasteiger partial charge is 0.257 e. The van der Waals surface area contributed by atoms with Gasteiger partial charge in [-0.2, -0.15) is 0 Å². The quantitative estimate of drug-likeness (QED) is 0.478.